The second kappa shape index (κ2) is 4.33. The van der Waals surface area contributed by atoms with Gasteiger partial charge in [0.2, 0.25) is 5.12 Å². The maximum atomic E-state index is 11.1. The number of rotatable bonds is 3. The summed E-state index contributed by atoms with van der Waals surface area (Å²) in [6.45, 7) is 0. The van der Waals surface area contributed by atoms with E-state index in [1.807, 2.05) is 6.26 Å². The van der Waals surface area contributed by atoms with Crippen LogP contribution in [0.4, 0.5) is 0 Å². The smallest absolute Gasteiger partial charge is 0.218 e. The van der Waals surface area contributed by atoms with Gasteiger partial charge in [0.05, 0.1) is 6.04 Å². The van der Waals surface area contributed by atoms with Gasteiger partial charge in [0, 0.05) is 0 Å². The Labute approximate surface area is 79.9 Å². The number of nitrogens with one attached hydrogen (secondary N) is 1. The second-order valence-corrected chi connectivity index (χ2v) is 4.85. The minimum absolute atomic E-state index is 0.0278. The van der Waals surface area contributed by atoms with Crippen molar-refractivity contribution >= 4 is 45.2 Å². The van der Waals surface area contributed by atoms with Gasteiger partial charge in [-0.2, -0.15) is 11.8 Å². The molecule has 1 atom stereocenters. The molecule has 0 aliphatic carbocycles. The van der Waals surface area contributed by atoms with E-state index in [0.29, 0.717) is 4.32 Å². The average Bonchev–Trinajstić information content (AvgIpc) is 2.26. The zero-order chi connectivity index (χ0) is 8.27. The second-order valence-electron chi connectivity index (χ2n) is 2.19. The van der Waals surface area contributed by atoms with Crippen LogP contribution in [0.25, 0.3) is 0 Å². The summed E-state index contributed by atoms with van der Waals surface area (Å²) in [5.41, 5.74) is 0. The summed E-state index contributed by atoms with van der Waals surface area (Å²) >= 11 is 7.75. The molecule has 1 aliphatic heterocycles. The summed E-state index contributed by atoms with van der Waals surface area (Å²) in [5.74, 6) is 1.01. The lowest BCUT2D eigenvalue weighted by molar-refractivity contribution is -0.112. The highest BCUT2D eigenvalue weighted by Gasteiger charge is 2.27. The van der Waals surface area contributed by atoms with Crippen LogP contribution in [-0.4, -0.2) is 27.5 Å². The molecular weight excluding hydrogens is 198 g/mol. The molecule has 1 fully saturated rings. The van der Waals surface area contributed by atoms with Crippen LogP contribution in [-0.2, 0) is 4.79 Å². The zero-order valence-corrected chi connectivity index (χ0v) is 8.57. The largest absolute Gasteiger partial charge is 0.360 e. The Morgan fingerprint density at radius 2 is 2.55 bits per heavy atom. The summed E-state index contributed by atoms with van der Waals surface area (Å²) in [4.78, 5) is 11.1. The SMILES string of the molecule is CSCC[C@@H]1NC(=S)SC1=O. The lowest BCUT2D eigenvalue weighted by Crippen LogP contribution is -2.28. The fraction of sp³-hybridized carbons (Fsp3) is 0.667. The van der Waals surface area contributed by atoms with Gasteiger partial charge >= 0.3 is 0 Å². The van der Waals surface area contributed by atoms with Gasteiger partial charge in [-0.15, -0.1) is 0 Å². The van der Waals surface area contributed by atoms with Crippen molar-refractivity contribution in [1.29, 1.82) is 0 Å². The molecule has 0 aromatic carbocycles. The highest BCUT2D eigenvalue weighted by atomic mass is 32.2. The van der Waals surface area contributed by atoms with Gasteiger partial charge in [0.25, 0.3) is 0 Å². The van der Waals surface area contributed by atoms with Gasteiger partial charge in [-0.05, 0) is 30.2 Å². The van der Waals surface area contributed by atoms with E-state index < -0.39 is 0 Å². The quantitative estimate of drug-likeness (QED) is 0.704. The number of carbonyl (C=O) groups excluding carboxylic acids is 1. The van der Waals surface area contributed by atoms with Crippen LogP contribution in [0.1, 0.15) is 6.42 Å². The molecule has 0 aromatic heterocycles. The molecule has 1 N–H and O–H groups in total. The van der Waals surface area contributed by atoms with Gasteiger partial charge in [0.15, 0.2) is 0 Å². The Bertz CT molecular complexity index is 183. The van der Waals surface area contributed by atoms with Crippen molar-refractivity contribution in [2.24, 2.45) is 0 Å². The first-order chi connectivity index (χ1) is 5.24. The first kappa shape index (κ1) is 9.35. The summed E-state index contributed by atoms with van der Waals surface area (Å²) in [5, 5.41) is 3.14. The van der Waals surface area contributed by atoms with E-state index in [4.69, 9.17) is 12.2 Å². The third-order valence-corrected chi connectivity index (χ3v) is 3.18. The summed E-state index contributed by atoms with van der Waals surface area (Å²) in [7, 11) is 0. The van der Waals surface area contributed by atoms with Gasteiger partial charge in [-0.1, -0.05) is 12.2 Å². The third kappa shape index (κ3) is 2.65. The number of hydrogen-bond acceptors (Lipinski definition) is 4. The van der Waals surface area contributed by atoms with Gasteiger partial charge < -0.3 is 5.32 Å². The van der Waals surface area contributed by atoms with Crippen molar-refractivity contribution in [2.75, 3.05) is 12.0 Å². The highest BCUT2D eigenvalue weighted by molar-refractivity contribution is 8.33. The standard InChI is InChI=1S/C6H9NOS3/c1-10-3-2-4-5(8)11-6(9)7-4/h4H,2-3H2,1H3,(H,7,9)/t4-/m0/s1. The maximum Gasteiger partial charge on any atom is 0.218 e. The van der Waals surface area contributed by atoms with Crippen LogP contribution in [0.5, 0.6) is 0 Å². The molecule has 1 saturated heterocycles. The minimum Gasteiger partial charge on any atom is -0.360 e. The van der Waals surface area contributed by atoms with Gasteiger partial charge in [-0.3, -0.25) is 4.79 Å². The number of thiocarbonyl (C=S) groups is 1. The molecule has 0 saturated carbocycles. The topological polar surface area (TPSA) is 29.1 Å². The van der Waals surface area contributed by atoms with Crippen molar-refractivity contribution in [1.82, 2.24) is 5.32 Å². The van der Waals surface area contributed by atoms with E-state index >= 15 is 0 Å². The first-order valence-electron chi connectivity index (χ1n) is 3.25. The Balaban J connectivity index is 2.34. The van der Waals surface area contributed by atoms with Gasteiger partial charge in [0.1, 0.15) is 4.32 Å². The Kier molecular flexibility index (Phi) is 3.68. The first-order valence-corrected chi connectivity index (χ1v) is 5.87. The normalized spacial score (nSPS) is 23.9. The molecular formula is C6H9NOS3. The van der Waals surface area contributed by atoms with Crippen molar-refractivity contribution in [3.63, 3.8) is 0 Å². The summed E-state index contributed by atoms with van der Waals surface area (Å²) in [6.07, 6.45) is 2.91. The minimum atomic E-state index is -0.0278. The molecule has 0 spiro atoms. The van der Waals surface area contributed by atoms with Crippen molar-refractivity contribution < 1.29 is 4.79 Å². The van der Waals surface area contributed by atoms with E-state index in [-0.39, 0.29) is 11.2 Å². The molecule has 1 rings (SSSR count). The van der Waals surface area contributed by atoms with Crippen molar-refractivity contribution in [3.05, 3.63) is 0 Å². The van der Waals surface area contributed by atoms with Crippen LogP contribution in [0.2, 0.25) is 0 Å². The Hall–Kier alpha value is 0.260. The number of carbonyl (C=O) groups is 1. The molecule has 1 heterocycles. The number of thioether (sulfide) groups is 2. The molecule has 5 heteroatoms. The van der Waals surface area contributed by atoms with Gasteiger partial charge in [-0.25, -0.2) is 0 Å². The molecule has 0 aromatic rings. The lowest BCUT2D eigenvalue weighted by Gasteiger charge is -2.05. The fourth-order valence-electron chi connectivity index (χ4n) is 0.819. The van der Waals surface area contributed by atoms with Crippen molar-refractivity contribution in [2.45, 2.75) is 12.5 Å². The summed E-state index contributed by atoms with van der Waals surface area (Å²) < 4.78 is 0.626. The van der Waals surface area contributed by atoms with Crippen LogP contribution in [0.3, 0.4) is 0 Å². The average molecular weight is 207 g/mol. The van der Waals surface area contributed by atoms with E-state index in [1.54, 1.807) is 11.8 Å². The van der Waals surface area contributed by atoms with E-state index in [2.05, 4.69) is 5.32 Å². The predicted octanol–water partition coefficient (Wildman–Crippen LogP) is 1.26. The molecule has 0 radical (unpaired) electrons. The van der Waals surface area contributed by atoms with E-state index in [0.717, 1.165) is 23.9 Å². The molecule has 11 heavy (non-hydrogen) atoms. The van der Waals surface area contributed by atoms with Crippen molar-refractivity contribution in [3.8, 4) is 0 Å². The van der Waals surface area contributed by atoms with E-state index in [9.17, 15) is 4.79 Å². The van der Waals surface area contributed by atoms with Crippen LogP contribution in [0.15, 0.2) is 0 Å². The monoisotopic (exact) mass is 207 g/mol. The molecule has 1 aliphatic rings. The van der Waals surface area contributed by atoms with E-state index in [1.165, 1.54) is 0 Å². The zero-order valence-electron chi connectivity index (χ0n) is 6.12. The van der Waals surface area contributed by atoms with Crippen LogP contribution >= 0.6 is 35.7 Å². The Morgan fingerprint density at radius 1 is 1.82 bits per heavy atom. The summed E-state index contributed by atoms with van der Waals surface area (Å²) in [6, 6.07) is -0.0278. The molecule has 0 amide bonds. The highest BCUT2D eigenvalue weighted by Crippen LogP contribution is 2.18. The Morgan fingerprint density at radius 3 is 3.00 bits per heavy atom. The number of hydrogen-bond donors (Lipinski definition) is 1. The molecule has 62 valence electrons. The third-order valence-electron chi connectivity index (χ3n) is 1.38. The molecule has 0 unspecified atom stereocenters. The fourth-order valence-corrected chi connectivity index (χ4v) is 2.38. The molecule has 2 nitrogen and oxygen atoms in total. The maximum absolute atomic E-state index is 11.1. The predicted molar refractivity (Wildman–Crippen MR) is 55.1 cm³/mol. The van der Waals surface area contributed by atoms with Crippen LogP contribution in [0, 0.1) is 0 Å². The lowest BCUT2D eigenvalue weighted by atomic mass is 10.2. The van der Waals surface area contributed by atoms with Crippen LogP contribution < -0.4 is 5.32 Å². The molecule has 0 bridgehead atoms.